The van der Waals surface area contributed by atoms with Gasteiger partial charge in [0.1, 0.15) is 0 Å². The fourth-order valence-corrected chi connectivity index (χ4v) is 1.50. The second-order valence-corrected chi connectivity index (χ2v) is 5.12. The zero-order chi connectivity index (χ0) is 15.9. The van der Waals surface area contributed by atoms with E-state index >= 15 is 0 Å². The van der Waals surface area contributed by atoms with Crippen LogP contribution in [0.3, 0.4) is 0 Å². The van der Waals surface area contributed by atoms with Gasteiger partial charge in [-0.3, -0.25) is 0 Å². The van der Waals surface area contributed by atoms with Gasteiger partial charge in [-0.1, -0.05) is 66.7 Å². The summed E-state index contributed by atoms with van der Waals surface area (Å²) in [5.74, 6) is 0. The van der Waals surface area contributed by atoms with E-state index in [9.17, 15) is 0 Å². The Balaban J connectivity index is -0.0000000630. The zero-order valence-electron chi connectivity index (χ0n) is 15.1. The van der Waals surface area contributed by atoms with Crippen LogP contribution in [-0.2, 0) is 0 Å². The third-order valence-corrected chi connectivity index (χ3v) is 2.87. The van der Waals surface area contributed by atoms with E-state index in [1.54, 1.807) is 0 Å². The van der Waals surface area contributed by atoms with Gasteiger partial charge < -0.3 is 16.4 Å². The maximum absolute atomic E-state index is 5.21. The molecule has 0 atom stereocenters. The number of nitrogens with two attached hydrogens (primary N) is 1. The van der Waals surface area contributed by atoms with E-state index in [-0.39, 0.29) is 8.85 Å². The summed E-state index contributed by atoms with van der Waals surface area (Å²) in [4.78, 5) is 0. The molecule has 0 aliphatic heterocycles. The minimum Gasteiger partial charge on any atom is -0.330 e. The highest BCUT2D eigenvalue weighted by atomic mass is 14.8. The normalized spacial score (nSPS) is 8.86. The second kappa shape index (κ2) is 36.8. The molecule has 0 rings (SSSR count). The Morgan fingerprint density at radius 1 is 0.667 bits per heavy atom. The number of unbranched alkanes of at least 4 members (excludes halogenated alkanes) is 6. The Bertz CT molecular complexity index is 103. The van der Waals surface area contributed by atoms with Crippen LogP contribution in [0.2, 0.25) is 0 Å². The maximum Gasteiger partial charge on any atom is 0 e. The molecule has 3 heteroatoms. The van der Waals surface area contributed by atoms with Crippen molar-refractivity contribution >= 4 is 0 Å². The molecule has 0 aliphatic carbocycles. The van der Waals surface area contributed by atoms with Gasteiger partial charge in [0.15, 0.2) is 0 Å². The quantitative estimate of drug-likeness (QED) is 0.480. The molecule has 0 amide bonds. The molecule has 0 bridgehead atoms. The van der Waals surface area contributed by atoms with Gasteiger partial charge >= 0.3 is 0 Å². The molecule has 0 saturated heterocycles. The van der Waals surface area contributed by atoms with E-state index in [2.05, 4.69) is 31.4 Å². The first kappa shape index (κ1) is 29.0. The van der Waals surface area contributed by atoms with Crippen molar-refractivity contribution in [1.29, 1.82) is 0 Å². The third kappa shape index (κ3) is 53.7. The van der Waals surface area contributed by atoms with Crippen molar-refractivity contribution in [2.75, 3.05) is 33.7 Å². The molecule has 0 aromatic rings. The largest absolute Gasteiger partial charge is 0.330 e. The number of rotatable bonds is 11. The van der Waals surface area contributed by atoms with E-state index in [4.69, 9.17) is 5.73 Å². The standard InChI is InChI=1S/2C6H15N.C5H13N.CH4.H2/c2*1-3-4-5-6-7-2;1-2-3-4-5-6;;/h2*7H,3-6H2,1-2H3;2-6H2,1H3;1H4;1H. The molecule has 0 fully saturated rings. The summed E-state index contributed by atoms with van der Waals surface area (Å²) in [5.41, 5.74) is 5.21. The van der Waals surface area contributed by atoms with Gasteiger partial charge in [-0.15, -0.1) is 0 Å². The van der Waals surface area contributed by atoms with Gasteiger partial charge in [0.2, 0.25) is 0 Å². The molecule has 0 aromatic heterocycles. The molecule has 0 saturated carbocycles. The zero-order valence-corrected chi connectivity index (χ0v) is 15.1. The summed E-state index contributed by atoms with van der Waals surface area (Å²) >= 11 is 0. The molecule has 0 spiro atoms. The molecular weight excluding hydrogens is 258 g/mol. The number of hydrogen-bond donors (Lipinski definition) is 3. The Morgan fingerprint density at radius 3 is 1.19 bits per heavy atom. The highest BCUT2D eigenvalue weighted by Crippen LogP contribution is 1.90. The van der Waals surface area contributed by atoms with Crippen molar-refractivity contribution in [3.8, 4) is 0 Å². The Hall–Kier alpha value is -0.120. The summed E-state index contributed by atoms with van der Waals surface area (Å²) in [5, 5.41) is 6.20. The number of hydrogen-bond acceptors (Lipinski definition) is 3. The Kier molecular flexibility index (Phi) is 50.7. The van der Waals surface area contributed by atoms with Crippen LogP contribution in [0, 0.1) is 0 Å². The average Bonchev–Trinajstić information content (AvgIpc) is 2.48. The summed E-state index contributed by atoms with van der Waals surface area (Å²) in [6, 6.07) is 0. The number of nitrogens with one attached hydrogen (secondary N) is 2. The lowest BCUT2D eigenvalue weighted by molar-refractivity contribution is 0.667. The monoisotopic (exact) mass is 307 g/mol. The fraction of sp³-hybridized carbons (Fsp3) is 1.00. The van der Waals surface area contributed by atoms with Crippen molar-refractivity contribution in [2.24, 2.45) is 5.73 Å². The molecule has 3 nitrogen and oxygen atoms in total. The molecule has 21 heavy (non-hydrogen) atoms. The second-order valence-electron chi connectivity index (χ2n) is 5.12. The Morgan fingerprint density at radius 2 is 1.00 bits per heavy atom. The lowest BCUT2D eigenvalue weighted by Gasteiger charge is -1.93. The molecule has 136 valence electrons. The summed E-state index contributed by atoms with van der Waals surface area (Å²) in [6.07, 6.45) is 11.8. The van der Waals surface area contributed by atoms with Crippen LogP contribution in [0.25, 0.3) is 0 Å². The van der Waals surface area contributed by atoms with Crippen molar-refractivity contribution in [1.82, 2.24) is 10.6 Å². The lowest BCUT2D eigenvalue weighted by atomic mass is 10.2. The first-order valence-electron chi connectivity index (χ1n) is 8.74. The minimum atomic E-state index is 0. The Labute approximate surface area is 138 Å². The van der Waals surface area contributed by atoms with Crippen LogP contribution in [0.4, 0.5) is 0 Å². The summed E-state index contributed by atoms with van der Waals surface area (Å²) in [7, 11) is 3.99. The highest BCUT2D eigenvalue weighted by molar-refractivity contribution is 4.39. The van der Waals surface area contributed by atoms with Crippen LogP contribution in [-0.4, -0.2) is 33.7 Å². The van der Waals surface area contributed by atoms with E-state index in [0.29, 0.717) is 0 Å². The molecule has 0 aliphatic rings. The van der Waals surface area contributed by atoms with Crippen molar-refractivity contribution in [3.63, 3.8) is 0 Å². The fourth-order valence-electron chi connectivity index (χ4n) is 1.50. The van der Waals surface area contributed by atoms with E-state index in [1.165, 1.54) is 70.9 Å². The van der Waals surface area contributed by atoms with Crippen LogP contribution in [0.15, 0.2) is 0 Å². The van der Waals surface area contributed by atoms with E-state index < -0.39 is 0 Å². The lowest BCUT2D eigenvalue weighted by Crippen LogP contribution is -2.06. The van der Waals surface area contributed by atoms with Crippen molar-refractivity contribution in [2.45, 2.75) is 86.0 Å². The topological polar surface area (TPSA) is 50.1 Å². The molecular formula is C18H49N3. The summed E-state index contributed by atoms with van der Waals surface area (Å²) in [6.45, 7) is 9.82. The van der Waals surface area contributed by atoms with Gasteiger partial charge in [0.25, 0.3) is 0 Å². The van der Waals surface area contributed by atoms with Crippen LogP contribution in [0.5, 0.6) is 0 Å². The van der Waals surface area contributed by atoms with Crippen molar-refractivity contribution < 1.29 is 1.43 Å². The van der Waals surface area contributed by atoms with E-state index in [1.807, 2.05) is 14.1 Å². The predicted octanol–water partition coefficient (Wildman–Crippen LogP) is 4.81. The van der Waals surface area contributed by atoms with Gasteiger partial charge in [-0.2, -0.15) is 0 Å². The predicted molar refractivity (Wildman–Crippen MR) is 104 cm³/mol. The van der Waals surface area contributed by atoms with E-state index in [0.717, 1.165) is 6.54 Å². The first-order valence-corrected chi connectivity index (χ1v) is 8.74. The van der Waals surface area contributed by atoms with Crippen LogP contribution >= 0.6 is 0 Å². The smallest absolute Gasteiger partial charge is 0 e. The SMILES string of the molecule is C.CCCCCN.CCCCCNC.CCCCCNC.[HH]. The molecule has 0 aromatic carbocycles. The molecule has 4 N–H and O–H groups in total. The maximum atomic E-state index is 5.21. The van der Waals surface area contributed by atoms with Gasteiger partial charge in [-0.05, 0) is 53.0 Å². The minimum absolute atomic E-state index is 0. The summed E-state index contributed by atoms with van der Waals surface area (Å²) < 4.78 is 0. The van der Waals surface area contributed by atoms with Gasteiger partial charge in [0.05, 0.1) is 0 Å². The van der Waals surface area contributed by atoms with Gasteiger partial charge in [0, 0.05) is 1.43 Å². The van der Waals surface area contributed by atoms with Crippen LogP contribution in [0.1, 0.15) is 87.4 Å². The van der Waals surface area contributed by atoms with Crippen LogP contribution < -0.4 is 16.4 Å². The van der Waals surface area contributed by atoms with Gasteiger partial charge in [-0.25, -0.2) is 0 Å². The molecule has 0 radical (unpaired) electrons. The highest BCUT2D eigenvalue weighted by Gasteiger charge is 1.79. The molecule has 0 unspecified atom stereocenters. The first-order chi connectivity index (χ1) is 9.74. The molecule has 0 heterocycles. The average molecular weight is 308 g/mol. The van der Waals surface area contributed by atoms with Crippen molar-refractivity contribution in [3.05, 3.63) is 0 Å². The third-order valence-electron chi connectivity index (χ3n) is 2.87.